The van der Waals surface area contributed by atoms with Crippen molar-refractivity contribution in [3.63, 3.8) is 0 Å². The van der Waals surface area contributed by atoms with Crippen LogP contribution in [0.1, 0.15) is 43.3 Å². The molecule has 0 atom stereocenters. The summed E-state index contributed by atoms with van der Waals surface area (Å²) in [5.74, 6) is 0.401. The molecule has 9 heteroatoms. The number of benzene rings is 3. The van der Waals surface area contributed by atoms with Crippen molar-refractivity contribution in [3.05, 3.63) is 83.2 Å². The largest absolute Gasteiger partial charge is 0.417 e. The Morgan fingerprint density at radius 3 is 2.19 bits per heavy atom. The molecule has 36 heavy (non-hydrogen) atoms. The number of nitrogens with zero attached hydrogens (tertiary/aromatic N) is 1. The predicted octanol–water partition coefficient (Wildman–Crippen LogP) is 7.09. The van der Waals surface area contributed by atoms with Crippen LogP contribution in [0.4, 0.5) is 18.9 Å². The Bertz CT molecular complexity index is 1550. The van der Waals surface area contributed by atoms with Gasteiger partial charge in [0.2, 0.25) is 10.0 Å². The lowest BCUT2D eigenvalue weighted by molar-refractivity contribution is -0.137. The summed E-state index contributed by atoms with van der Waals surface area (Å²) in [6.45, 7) is 6.39. The summed E-state index contributed by atoms with van der Waals surface area (Å²) in [4.78, 5) is 7.39. The molecule has 0 amide bonds. The van der Waals surface area contributed by atoms with E-state index < -0.39 is 21.8 Å². The average molecular weight is 514 g/mol. The van der Waals surface area contributed by atoms with Gasteiger partial charge in [-0.1, -0.05) is 69.3 Å². The van der Waals surface area contributed by atoms with Gasteiger partial charge in [0, 0.05) is 5.56 Å². The van der Waals surface area contributed by atoms with Gasteiger partial charge < -0.3 is 4.98 Å². The topological polar surface area (TPSA) is 74.8 Å². The van der Waals surface area contributed by atoms with E-state index in [4.69, 9.17) is 0 Å². The number of H-pyrrole nitrogens is 1. The minimum absolute atomic E-state index is 0.0321. The third kappa shape index (κ3) is 5.79. The molecule has 5 nitrogen and oxygen atoms in total. The van der Waals surface area contributed by atoms with Crippen molar-refractivity contribution in [2.24, 2.45) is 0 Å². The van der Waals surface area contributed by atoms with Crippen LogP contribution in [0.3, 0.4) is 0 Å². The SMILES string of the molecule is CC(C)(C)c1ccc(C=Cc2nc3cc(-c4ccccc4NS(C)(=O)=O)c(C(F)(F)F)cc3[nH]2)cc1. The number of para-hydroxylation sites is 1. The van der Waals surface area contributed by atoms with Crippen LogP contribution in [0.2, 0.25) is 0 Å². The number of anilines is 1. The minimum atomic E-state index is -4.67. The number of fused-ring (bicyclic) bond motifs is 1. The zero-order chi connectivity index (χ0) is 26.3. The van der Waals surface area contributed by atoms with Crippen LogP contribution < -0.4 is 4.72 Å². The Morgan fingerprint density at radius 1 is 0.917 bits per heavy atom. The van der Waals surface area contributed by atoms with E-state index in [1.807, 2.05) is 30.3 Å². The Kier molecular flexibility index (Phi) is 6.47. The first-order chi connectivity index (χ1) is 16.7. The molecule has 4 rings (SSSR count). The van der Waals surface area contributed by atoms with E-state index in [-0.39, 0.29) is 27.7 Å². The summed E-state index contributed by atoms with van der Waals surface area (Å²) in [6, 6.07) is 16.3. The molecule has 4 aromatic rings. The number of aromatic nitrogens is 2. The second-order valence-electron chi connectivity index (χ2n) is 9.66. The standard InChI is InChI=1S/C27H26F3N3O2S/c1-26(2,3)18-12-9-17(10-13-18)11-14-25-31-23-15-20(21(27(28,29)30)16-24(23)32-25)19-7-5-6-8-22(19)33-36(4,34)35/h5-16,33H,1-4H3,(H,31,32). The Balaban J connectivity index is 1.76. The minimum Gasteiger partial charge on any atom is -0.338 e. The highest BCUT2D eigenvalue weighted by Gasteiger charge is 2.35. The lowest BCUT2D eigenvalue weighted by Gasteiger charge is -2.18. The quantitative estimate of drug-likeness (QED) is 0.299. The molecule has 0 aliphatic heterocycles. The van der Waals surface area contributed by atoms with Crippen LogP contribution >= 0.6 is 0 Å². The van der Waals surface area contributed by atoms with Gasteiger partial charge in [0.1, 0.15) is 5.82 Å². The molecule has 0 aliphatic rings. The van der Waals surface area contributed by atoms with Crippen molar-refractivity contribution in [1.29, 1.82) is 0 Å². The van der Waals surface area contributed by atoms with Crippen LogP contribution in [0, 0.1) is 0 Å². The van der Waals surface area contributed by atoms with Crippen molar-refractivity contribution in [3.8, 4) is 11.1 Å². The van der Waals surface area contributed by atoms with Gasteiger partial charge in [-0.2, -0.15) is 13.2 Å². The third-order valence-electron chi connectivity index (χ3n) is 5.67. The number of hydrogen-bond donors (Lipinski definition) is 2. The Morgan fingerprint density at radius 2 is 1.58 bits per heavy atom. The maximum Gasteiger partial charge on any atom is 0.417 e. The highest BCUT2D eigenvalue weighted by Crippen LogP contribution is 2.41. The molecule has 0 saturated heterocycles. The maximum absolute atomic E-state index is 14.0. The molecule has 0 fully saturated rings. The smallest absolute Gasteiger partial charge is 0.338 e. The highest BCUT2D eigenvalue weighted by molar-refractivity contribution is 7.92. The molecule has 3 aromatic carbocycles. The van der Waals surface area contributed by atoms with Crippen molar-refractivity contribution < 1.29 is 21.6 Å². The summed E-state index contributed by atoms with van der Waals surface area (Å²) in [6.07, 6.45) is -0.183. The molecule has 0 aliphatic carbocycles. The molecule has 1 aromatic heterocycles. The Hall–Kier alpha value is -3.59. The number of rotatable bonds is 5. The van der Waals surface area contributed by atoms with Crippen molar-refractivity contribution in [2.75, 3.05) is 11.0 Å². The Labute approximate surface area is 208 Å². The fourth-order valence-corrected chi connectivity index (χ4v) is 4.47. The van der Waals surface area contributed by atoms with E-state index in [1.165, 1.54) is 23.8 Å². The first kappa shape index (κ1) is 25.5. The maximum atomic E-state index is 14.0. The molecule has 2 N–H and O–H groups in total. The molecule has 1 heterocycles. The molecular formula is C27H26F3N3O2S. The zero-order valence-corrected chi connectivity index (χ0v) is 21.1. The van der Waals surface area contributed by atoms with E-state index in [2.05, 4.69) is 35.5 Å². The first-order valence-electron chi connectivity index (χ1n) is 11.2. The van der Waals surface area contributed by atoms with Gasteiger partial charge in [-0.25, -0.2) is 13.4 Å². The van der Waals surface area contributed by atoms with E-state index in [1.54, 1.807) is 18.2 Å². The number of alkyl halides is 3. The molecule has 0 unspecified atom stereocenters. The number of nitrogens with one attached hydrogen (secondary N) is 2. The van der Waals surface area contributed by atoms with E-state index in [0.29, 0.717) is 11.3 Å². The lowest BCUT2D eigenvalue weighted by Crippen LogP contribution is -2.12. The summed E-state index contributed by atoms with van der Waals surface area (Å²) in [5.41, 5.74) is 1.82. The monoisotopic (exact) mass is 513 g/mol. The van der Waals surface area contributed by atoms with Crippen LogP contribution in [0.25, 0.3) is 34.3 Å². The van der Waals surface area contributed by atoms with E-state index in [0.717, 1.165) is 17.9 Å². The highest BCUT2D eigenvalue weighted by atomic mass is 32.2. The van der Waals surface area contributed by atoms with E-state index >= 15 is 0 Å². The lowest BCUT2D eigenvalue weighted by atomic mass is 9.87. The van der Waals surface area contributed by atoms with Crippen molar-refractivity contribution >= 4 is 38.9 Å². The molecule has 0 radical (unpaired) electrons. The zero-order valence-electron chi connectivity index (χ0n) is 20.2. The fraction of sp³-hybridized carbons (Fsp3) is 0.222. The van der Waals surface area contributed by atoms with Gasteiger partial charge >= 0.3 is 6.18 Å². The van der Waals surface area contributed by atoms with Gasteiger partial charge in [0.25, 0.3) is 0 Å². The normalized spacial score (nSPS) is 13.0. The van der Waals surface area contributed by atoms with Crippen molar-refractivity contribution in [2.45, 2.75) is 32.4 Å². The predicted molar refractivity (Wildman–Crippen MR) is 139 cm³/mol. The van der Waals surface area contributed by atoms with Crippen LogP contribution in [-0.2, 0) is 21.6 Å². The second kappa shape index (κ2) is 9.13. The summed E-state index contributed by atoms with van der Waals surface area (Å²) in [7, 11) is -3.70. The average Bonchev–Trinajstić information content (AvgIpc) is 3.17. The van der Waals surface area contributed by atoms with Crippen LogP contribution in [0.5, 0.6) is 0 Å². The van der Waals surface area contributed by atoms with Gasteiger partial charge in [-0.3, -0.25) is 4.72 Å². The third-order valence-corrected chi connectivity index (χ3v) is 6.26. The summed E-state index contributed by atoms with van der Waals surface area (Å²) < 4.78 is 68.0. The van der Waals surface area contributed by atoms with Gasteiger partial charge in [0.05, 0.1) is 28.5 Å². The number of halogens is 3. The number of aromatic amines is 1. The molecule has 0 saturated carbocycles. The molecule has 0 spiro atoms. The summed E-state index contributed by atoms with van der Waals surface area (Å²) >= 11 is 0. The number of imidazole rings is 1. The molecular weight excluding hydrogens is 487 g/mol. The van der Waals surface area contributed by atoms with Gasteiger partial charge in [0.15, 0.2) is 0 Å². The summed E-state index contributed by atoms with van der Waals surface area (Å²) in [5, 5.41) is 0. The first-order valence-corrected chi connectivity index (χ1v) is 13.1. The number of sulfonamides is 1. The second-order valence-corrected chi connectivity index (χ2v) is 11.4. The fourth-order valence-electron chi connectivity index (χ4n) is 3.89. The van der Waals surface area contributed by atoms with Crippen LogP contribution in [0.15, 0.2) is 60.7 Å². The van der Waals surface area contributed by atoms with Gasteiger partial charge in [-0.15, -0.1) is 0 Å². The van der Waals surface area contributed by atoms with Crippen LogP contribution in [-0.4, -0.2) is 24.6 Å². The van der Waals surface area contributed by atoms with E-state index in [9.17, 15) is 21.6 Å². The number of hydrogen-bond acceptors (Lipinski definition) is 3. The molecule has 0 bridgehead atoms. The van der Waals surface area contributed by atoms with Crippen molar-refractivity contribution in [1.82, 2.24) is 9.97 Å². The molecule has 188 valence electrons. The van der Waals surface area contributed by atoms with Gasteiger partial charge in [-0.05, 0) is 46.4 Å².